The van der Waals surface area contributed by atoms with Crippen molar-refractivity contribution in [2.45, 2.75) is 34.8 Å². The molecule has 0 heterocycles. The maximum atomic E-state index is 13.7. The van der Waals surface area contributed by atoms with Crippen molar-refractivity contribution >= 4 is 16.5 Å². The lowest BCUT2D eigenvalue weighted by Gasteiger charge is -2.46. The van der Waals surface area contributed by atoms with Crippen molar-refractivity contribution in [3.8, 4) is 0 Å². The molecular formula is C6F19NSi2. The smallest absolute Gasteiger partial charge is 0.174 e. The lowest BCUT2D eigenvalue weighted by atomic mass is 11.4. The maximum absolute atomic E-state index is 13.7. The molecule has 0 bridgehead atoms. The van der Waals surface area contributed by atoms with Crippen LogP contribution in [0, 0.1) is 0 Å². The Morgan fingerprint density at radius 1 is 0.321 bits per heavy atom. The lowest BCUT2D eigenvalue weighted by Crippen LogP contribution is -2.91. The fourth-order valence-electron chi connectivity index (χ4n) is 1.88. The third kappa shape index (κ3) is 3.43. The van der Waals surface area contributed by atoms with Crippen molar-refractivity contribution in [2.24, 2.45) is 0 Å². The van der Waals surface area contributed by atoms with Gasteiger partial charge in [0.1, 0.15) is 0 Å². The fourth-order valence-corrected chi connectivity index (χ4v) is 9.44. The average Bonchev–Trinajstić information content (AvgIpc) is 2.14. The summed E-state index contributed by atoms with van der Waals surface area (Å²) >= 11 is 0. The number of alkyl halides is 18. The summed E-state index contributed by atoms with van der Waals surface area (Å²) in [6.07, 6.45) is 0. The van der Waals surface area contributed by atoms with Crippen LogP contribution < -0.4 is 0 Å². The molecule has 0 amide bonds. The van der Waals surface area contributed by atoms with Gasteiger partial charge in [0.15, 0.2) is 0 Å². The Bertz CT molecular complexity index is 432. The molecule has 0 unspecified atom stereocenters. The molecule has 0 saturated heterocycles. The molecule has 0 N–H and O–H groups in total. The van der Waals surface area contributed by atoms with Gasteiger partial charge in [-0.2, -0.15) is 79.0 Å². The van der Waals surface area contributed by atoms with Gasteiger partial charge in [-0.05, 0) is 0 Å². The molecule has 0 aromatic heterocycles. The summed E-state index contributed by atoms with van der Waals surface area (Å²) in [5.41, 5.74) is 0. The first-order valence-electron chi connectivity index (χ1n) is 5.52. The fraction of sp³-hybridized carbons (Fsp3) is 1.00. The van der Waals surface area contributed by atoms with Gasteiger partial charge in [-0.15, -0.1) is 8.93 Å². The van der Waals surface area contributed by atoms with Crippen LogP contribution in [0.2, 0.25) is 0 Å². The van der Waals surface area contributed by atoms with E-state index in [1.54, 1.807) is 0 Å². The standard InChI is InChI=1S/C6F19NSi2/c7-1(8,9)27(2(10,11)12,3(13,14)15)26(25)28(4(16,17)18,5(19,20)21)6(22,23)24. The SMILES string of the molecule is FN([Si](C(F)(F)F)(C(F)(F)F)C(F)(F)F)[Si](C(F)(F)F)(C(F)(F)F)C(F)(F)F. The summed E-state index contributed by atoms with van der Waals surface area (Å²) in [7, 11) is -21.8. The molecule has 0 saturated carbocycles. The van der Waals surface area contributed by atoms with Crippen LogP contribution in [0.5, 0.6) is 0 Å². The van der Waals surface area contributed by atoms with Crippen LogP contribution in [0.15, 0.2) is 0 Å². The molecule has 0 aromatic carbocycles. The first-order chi connectivity index (χ1) is 11.7. The molecule has 0 aliphatic carbocycles. The van der Waals surface area contributed by atoms with E-state index < -0.39 is 55.7 Å². The molecule has 0 aliphatic heterocycles. The van der Waals surface area contributed by atoms with Crippen LogP contribution in [0.3, 0.4) is 0 Å². The van der Waals surface area contributed by atoms with Crippen molar-refractivity contribution in [1.82, 2.24) is 4.45 Å². The number of hydrogen-bond acceptors (Lipinski definition) is 1. The zero-order valence-electron chi connectivity index (χ0n) is 11.6. The first kappa shape index (κ1) is 27.1. The highest BCUT2D eigenvalue weighted by molar-refractivity contribution is 6.97. The van der Waals surface area contributed by atoms with Crippen molar-refractivity contribution in [3.63, 3.8) is 0 Å². The zero-order chi connectivity index (χ0) is 23.6. The second kappa shape index (κ2) is 6.53. The van der Waals surface area contributed by atoms with Gasteiger partial charge in [0, 0.05) is 0 Å². The lowest BCUT2D eigenvalue weighted by molar-refractivity contribution is -0.210. The van der Waals surface area contributed by atoms with E-state index in [-0.39, 0.29) is 0 Å². The Labute approximate surface area is 140 Å². The van der Waals surface area contributed by atoms with Gasteiger partial charge >= 0.3 is 51.3 Å². The molecule has 170 valence electrons. The minimum absolute atomic E-state index is 5.10. The third-order valence-electron chi connectivity index (χ3n) is 3.05. The largest absolute Gasteiger partial charge is 0.513 e. The molecule has 0 radical (unpaired) electrons. The van der Waals surface area contributed by atoms with Crippen LogP contribution in [0.4, 0.5) is 83.5 Å². The van der Waals surface area contributed by atoms with E-state index >= 15 is 0 Å². The highest BCUT2D eigenvalue weighted by Crippen LogP contribution is 2.60. The van der Waals surface area contributed by atoms with E-state index in [1.165, 1.54) is 0 Å². The van der Waals surface area contributed by atoms with Crippen LogP contribution in [-0.2, 0) is 0 Å². The van der Waals surface area contributed by atoms with Gasteiger partial charge < -0.3 is 0 Å². The molecule has 1 nitrogen and oxygen atoms in total. The predicted molar refractivity (Wildman–Crippen MR) is 50.8 cm³/mol. The Hall–Kier alpha value is -0.936. The Balaban J connectivity index is 7.83. The molecule has 0 atom stereocenters. The van der Waals surface area contributed by atoms with Crippen molar-refractivity contribution in [2.75, 3.05) is 0 Å². The predicted octanol–water partition coefficient (Wildman–Crippen LogP) is 5.67. The maximum Gasteiger partial charge on any atom is 0.513 e. The summed E-state index contributed by atoms with van der Waals surface area (Å²) in [4.78, 5) is 0. The number of rotatable bonds is 2. The van der Waals surface area contributed by atoms with Crippen LogP contribution in [-0.4, -0.2) is 55.7 Å². The minimum Gasteiger partial charge on any atom is -0.174 e. The van der Waals surface area contributed by atoms with Crippen molar-refractivity contribution < 1.29 is 83.5 Å². The van der Waals surface area contributed by atoms with Gasteiger partial charge in [0.05, 0.1) is 0 Å². The Morgan fingerprint density at radius 3 is 0.500 bits per heavy atom. The van der Waals surface area contributed by atoms with E-state index in [0.29, 0.717) is 0 Å². The summed E-state index contributed by atoms with van der Waals surface area (Å²) < 4.78 is 235. The van der Waals surface area contributed by atoms with Gasteiger partial charge in [-0.25, -0.2) is 0 Å². The third-order valence-corrected chi connectivity index (χ3v) is 11.2. The van der Waals surface area contributed by atoms with Crippen molar-refractivity contribution in [3.05, 3.63) is 0 Å². The summed E-state index contributed by atoms with van der Waals surface area (Å²) in [6, 6.07) is 0. The van der Waals surface area contributed by atoms with E-state index in [1.807, 2.05) is 0 Å². The second-order valence-corrected chi connectivity index (χ2v) is 12.2. The molecule has 0 aromatic rings. The number of hydrogen-bond donors (Lipinski definition) is 0. The Kier molecular flexibility index (Phi) is 6.31. The second-order valence-electron chi connectivity index (χ2n) is 4.69. The van der Waals surface area contributed by atoms with Gasteiger partial charge in [-0.1, -0.05) is 0 Å². The minimum atomic E-state index is -10.9. The van der Waals surface area contributed by atoms with Gasteiger partial charge in [-0.3, -0.25) is 0 Å². The van der Waals surface area contributed by atoms with Crippen molar-refractivity contribution in [1.29, 1.82) is 0 Å². The molecule has 0 aliphatic rings. The van der Waals surface area contributed by atoms with Crippen LogP contribution >= 0.6 is 0 Å². The van der Waals surface area contributed by atoms with Crippen LogP contribution in [0.25, 0.3) is 0 Å². The summed E-state index contributed by atoms with van der Waals surface area (Å²) in [5.74, 6) is -50.2. The molecule has 0 spiro atoms. The molecule has 0 fully saturated rings. The Morgan fingerprint density at radius 2 is 0.429 bits per heavy atom. The topological polar surface area (TPSA) is 3.24 Å². The quantitative estimate of drug-likeness (QED) is 0.267. The van der Waals surface area contributed by atoms with E-state index in [4.69, 9.17) is 0 Å². The van der Waals surface area contributed by atoms with E-state index in [0.717, 1.165) is 0 Å². The summed E-state index contributed by atoms with van der Waals surface area (Å²) in [5, 5.41) is 0. The highest BCUT2D eigenvalue weighted by Gasteiger charge is 3.03. The number of halogens is 19. The van der Waals surface area contributed by atoms with Crippen LogP contribution in [0.1, 0.15) is 0 Å². The molecular weight excluding hydrogens is 503 g/mol. The monoisotopic (exact) mass is 503 g/mol. The zero-order valence-corrected chi connectivity index (χ0v) is 13.6. The normalized spacial score (nSPS) is 16.7. The van der Waals surface area contributed by atoms with E-state index in [9.17, 15) is 83.5 Å². The average molecular weight is 503 g/mol. The van der Waals surface area contributed by atoms with E-state index in [2.05, 4.69) is 0 Å². The van der Waals surface area contributed by atoms with Gasteiger partial charge in [0.2, 0.25) is 0 Å². The van der Waals surface area contributed by atoms with Gasteiger partial charge in [0.25, 0.3) is 0 Å². The number of nitrogens with zero attached hydrogens (tertiary/aromatic N) is 1. The molecule has 0 rings (SSSR count). The molecule has 22 heteroatoms. The summed E-state index contributed by atoms with van der Waals surface area (Å²) in [6.45, 7) is 0. The molecule has 28 heavy (non-hydrogen) atoms. The first-order valence-corrected chi connectivity index (χ1v) is 9.41. The highest BCUT2D eigenvalue weighted by atomic mass is 28.4.